The van der Waals surface area contributed by atoms with Crippen molar-refractivity contribution in [1.29, 1.82) is 0 Å². The maximum atomic E-state index is 3.21. The molecule has 0 aromatic rings. The predicted molar refractivity (Wildman–Crippen MR) is 67.3 cm³/mol. The summed E-state index contributed by atoms with van der Waals surface area (Å²) in [5.74, 6) is 0. The molecular formula is C13H28N2. The molecule has 0 bridgehead atoms. The molecule has 0 unspecified atom stereocenters. The summed E-state index contributed by atoms with van der Waals surface area (Å²) < 4.78 is 0. The van der Waals surface area contributed by atoms with Gasteiger partial charge in [0.1, 0.15) is 0 Å². The van der Waals surface area contributed by atoms with Gasteiger partial charge in [-0.2, -0.15) is 0 Å². The van der Waals surface area contributed by atoms with Crippen molar-refractivity contribution < 1.29 is 0 Å². The minimum Gasteiger partial charge on any atom is -0.320 e. The van der Waals surface area contributed by atoms with Crippen molar-refractivity contribution in [3.63, 3.8) is 0 Å². The molecule has 1 rings (SSSR count). The van der Waals surface area contributed by atoms with Gasteiger partial charge >= 0.3 is 0 Å². The lowest BCUT2D eigenvalue weighted by atomic mass is 10.1. The van der Waals surface area contributed by atoms with E-state index in [9.17, 15) is 0 Å². The zero-order chi connectivity index (χ0) is 10.9. The van der Waals surface area contributed by atoms with Gasteiger partial charge in [0.05, 0.1) is 0 Å². The van der Waals surface area contributed by atoms with Gasteiger partial charge in [-0.15, -0.1) is 0 Å². The number of rotatable bonds is 8. The highest BCUT2D eigenvalue weighted by Gasteiger charge is 2.20. The van der Waals surface area contributed by atoms with Gasteiger partial charge in [0.25, 0.3) is 0 Å². The molecule has 0 aliphatic heterocycles. The molecule has 15 heavy (non-hydrogen) atoms. The second-order valence-corrected chi connectivity index (χ2v) is 4.73. The van der Waals surface area contributed by atoms with Crippen LogP contribution in [0.15, 0.2) is 0 Å². The van der Waals surface area contributed by atoms with Crippen molar-refractivity contribution >= 4 is 0 Å². The second kappa shape index (κ2) is 8.12. The summed E-state index contributed by atoms with van der Waals surface area (Å²) in [5, 5.41) is 3.21. The number of nitrogens with zero attached hydrogens (tertiary/aromatic N) is 1. The Kier molecular flexibility index (Phi) is 7.03. The van der Waals surface area contributed by atoms with E-state index in [0.29, 0.717) is 0 Å². The quantitative estimate of drug-likeness (QED) is 0.622. The van der Waals surface area contributed by atoms with Gasteiger partial charge in [0.2, 0.25) is 0 Å². The maximum Gasteiger partial charge on any atom is 0.00951 e. The standard InChI is InChI=1S/C13H28N2/c1-3-15(13-9-5-6-10-13)12-8-4-7-11-14-2/h13-14H,3-12H2,1-2H3. The van der Waals surface area contributed by atoms with Crippen LogP contribution in [-0.4, -0.2) is 37.6 Å². The molecule has 0 aromatic heterocycles. The first kappa shape index (κ1) is 13.0. The molecule has 1 aliphatic carbocycles. The van der Waals surface area contributed by atoms with E-state index in [1.54, 1.807) is 0 Å². The van der Waals surface area contributed by atoms with Gasteiger partial charge in [0, 0.05) is 6.04 Å². The lowest BCUT2D eigenvalue weighted by molar-refractivity contribution is 0.204. The summed E-state index contributed by atoms with van der Waals surface area (Å²) in [5.41, 5.74) is 0. The summed E-state index contributed by atoms with van der Waals surface area (Å²) >= 11 is 0. The molecule has 1 aliphatic rings. The van der Waals surface area contributed by atoms with E-state index in [4.69, 9.17) is 0 Å². The average molecular weight is 212 g/mol. The van der Waals surface area contributed by atoms with E-state index in [2.05, 4.69) is 17.1 Å². The van der Waals surface area contributed by atoms with Crippen LogP contribution in [0, 0.1) is 0 Å². The second-order valence-electron chi connectivity index (χ2n) is 4.73. The fourth-order valence-electron chi connectivity index (χ4n) is 2.66. The minimum absolute atomic E-state index is 0.916. The number of unbranched alkanes of at least 4 members (excludes halogenated alkanes) is 2. The zero-order valence-electron chi connectivity index (χ0n) is 10.6. The molecule has 1 saturated carbocycles. The van der Waals surface area contributed by atoms with Crippen molar-refractivity contribution in [1.82, 2.24) is 10.2 Å². The molecule has 2 heteroatoms. The maximum absolute atomic E-state index is 3.21. The van der Waals surface area contributed by atoms with E-state index in [1.807, 2.05) is 7.05 Å². The fourth-order valence-corrected chi connectivity index (χ4v) is 2.66. The molecule has 0 atom stereocenters. The van der Waals surface area contributed by atoms with Gasteiger partial charge in [-0.05, 0) is 52.4 Å². The Balaban J connectivity index is 2.05. The topological polar surface area (TPSA) is 15.3 Å². The fraction of sp³-hybridized carbons (Fsp3) is 1.00. The van der Waals surface area contributed by atoms with Crippen molar-refractivity contribution in [2.45, 2.75) is 57.9 Å². The van der Waals surface area contributed by atoms with Gasteiger partial charge in [0.15, 0.2) is 0 Å². The molecule has 1 fully saturated rings. The van der Waals surface area contributed by atoms with Crippen LogP contribution in [0.4, 0.5) is 0 Å². The number of nitrogens with one attached hydrogen (secondary N) is 1. The van der Waals surface area contributed by atoms with E-state index in [0.717, 1.165) is 6.04 Å². The monoisotopic (exact) mass is 212 g/mol. The highest BCUT2D eigenvalue weighted by Crippen LogP contribution is 2.23. The van der Waals surface area contributed by atoms with Crippen molar-refractivity contribution in [2.75, 3.05) is 26.7 Å². The summed E-state index contributed by atoms with van der Waals surface area (Å²) in [7, 11) is 2.04. The summed E-state index contributed by atoms with van der Waals surface area (Å²) in [6.07, 6.45) is 9.91. The first-order valence-electron chi connectivity index (χ1n) is 6.77. The third kappa shape index (κ3) is 4.98. The third-order valence-corrected chi connectivity index (χ3v) is 3.62. The average Bonchev–Trinajstić information content (AvgIpc) is 2.77. The van der Waals surface area contributed by atoms with Gasteiger partial charge in [-0.1, -0.05) is 26.2 Å². The minimum atomic E-state index is 0.916. The van der Waals surface area contributed by atoms with Crippen LogP contribution in [-0.2, 0) is 0 Å². The first-order chi connectivity index (χ1) is 7.38. The van der Waals surface area contributed by atoms with Crippen molar-refractivity contribution in [3.05, 3.63) is 0 Å². The highest BCUT2D eigenvalue weighted by molar-refractivity contribution is 4.76. The molecule has 90 valence electrons. The normalized spacial score (nSPS) is 17.8. The molecular weight excluding hydrogens is 184 g/mol. The van der Waals surface area contributed by atoms with Gasteiger partial charge in [-0.25, -0.2) is 0 Å². The molecule has 0 amide bonds. The van der Waals surface area contributed by atoms with Crippen LogP contribution in [0.25, 0.3) is 0 Å². The zero-order valence-corrected chi connectivity index (χ0v) is 10.6. The van der Waals surface area contributed by atoms with E-state index < -0.39 is 0 Å². The lowest BCUT2D eigenvalue weighted by Gasteiger charge is -2.27. The van der Waals surface area contributed by atoms with E-state index >= 15 is 0 Å². The van der Waals surface area contributed by atoms with Crippen molar-refractivity contribution in [3.8, 4) is 0 Å². The van der Waals surface area contributed by atoms with Gasteiger partial charge in [-0.3, -0.25) is 0 Å². The Morgan fingerprint density at radius 1 is 1.13 bits per heavy atom. The third-order valence-electron chi connectivity index (χ3n) is 3.62. The lowest BCUT2D eigenvalue weighted by Crippen LogP contribution is -2.33. The molecule has 0 heterocycles. The Labute approximate surface area is 95.4 Å². The Hall–Kier alpha value is -0.0800. The van der Waals surface area contributed by atoms with E-state index in [1.165, 1.54) is 64.6 Å². The van der Waals surface area contributed by atoms with E-state index in [-0.39, 0.29) is 0 Å². The highest BCUT2D eigenvalue weighted by atomic mass is 15.1. The van der Waals surface area contributed by atoms with Crippen LogP contribution >= 0.6 is 0 Å². The van der Waals surface area contributed by atoms with Crippen molar-refractivity contribution in [2.24, 2.45) is 0 Å². The summed E-state index contributed by atoms with van der Waals surface area (Å²) in [6, 6.07) is 0.916. The molecule has 0 aromatic carbocycles. The van der Waals surface area contributed by atoms with Crippen LogP contribution < -0.4 is 5.32 Å². The van der Waals surface area contributed by atoms with Crippen LogP contribution in [0.3, 0.4) is 0 Å². The van der Waals surface area contributed by atoms with Crippen LogP contribution in [0.2, 0.25) is 0 Å². The smallest absolute Gasteiger partial charge is 0.00951 e. The number of hydrogen-bond donors (Lipinski definition) is 1. The first-order valence-corrected chi connectivity index (χ1v) is 6.77. The molecule has 0 radical (unpaired) electrons. The SMILES string of the molecule is CCN(CCCCCNC)C1CCCC1. The molecule has 0 saturated heterocycles. The molecule has 0 spiro atoms. The predicted octanol–water partition coefficient (Wildman–Crippen LogP) is 2.64. The van der Waals surface area contributed by atoms with Crippen LogP contribution in [0.5, 0.6) is 0 Å². The van der Waals surface area contributed by atoms with Crippen LogP contribution in [0.1, 0.15) is 51.9 Å². The Bertz CT molecular complexity index is 141. The number of hydrogen-bond acceptors (Lipinski definition) is 2. The Morgan fingerprint density at radius 2 is 1.87 bits per heavy atom. The summed E-state index contributed by atoms with van der Waals surface area (Å²) in [4.78, 5) is 2.70. The largest absolute Gasteiger partial charge is 0.320 e. The molecule has 2 nitrogen and oxygen atoms in total. The van der Waals surface area contributed by atoms with Gasteiger partial charge < -0.3 is 10.2 Å². The Morgan fingerprint density at radius 3 is 2.47 bits per heavy atom. The molecule has 1 N–H and O–H groups in total. The summed E-state index contributed by atoms with van der Waals surface area (Å²) in [6.45, 7) is 6.06.